The number of anilines is 1. The van der Waals surface area contributed by atoms with Crippen LogP contribution in [0.2, 0.25) is 0 Å². The molecule has 1 aliphatic heterocycles. The average Bonchev–Trinajstić information content (AvgIpc) is 2.76. The Balaban J connectivity index is 1.71. The minimum absolute atomic E-state index is 0.752. The van der Waals surface area contributed by atoms with Crippen molar-refractivity contribution < 1.29 is 4.42 Å². The lowest BCUT2D eigenvalue weighted by molar-refractivity contribution is 0.611. The van der Waals surface area contributed by atoms with E-state index in [4.69, 9.17) is 9.40 Å². The van der Waals surface area contributed by atoms with Crippen molar-refractivity contribution in [2.75, 3.05) is 19.4 Å². The topological polar surface area (TPSA) is 41.1 Å². The van der Waals surface area contributed by atoms with Crippen LogP contribution in [0, 0.1) is 0 Å². The molecule has 3 aromatic rings. The molecule has 2 aliphatic rings. The Morgan fingerprint density at radius 2 is 1.62 bits per heavy atom. The number of nitrogens with one attached hydrogen (secondary N) is 1. The Hall–Kier alpha value is -3.66. The Bertz CT molecular complexity index is 1370. The van der Waals surface area contributed by atoms with Gasteiger partial charge >= 0.3 is 0 Å². The molecule has 0 atom stereocenters. The summed E-state index contributed by atoms with van der Waals surface area (Å²) in [5.41, 5.74) is 4.81. The van der Waals surface area contributed by atoms with E-state index in [2.05, 4.69) is 64.5 Å². The predicted octanol–water partition coefficient (Wildman–Crippen LogP) is 4.73. The van der Waals surface area contributed by atoms with Gasteiger partial charge in [0, 0.05) is 35.1 Å². The van der Waals surface area contributed by atoms with Gasteiger partial charge in [0.2, 0.25) is 5.36 Å². The molecule has 29 heavy (non-hydrogen) atoms. The second-order valence-electron chi connectivity index (χ2n) is 7.42. The molecule has 1 N–H and O–H groups in total. The third-order valence-electron chi connectivity index (χ3n) is 5.22. The molecule has 0 saturated heterocycles. The maximum absolute atomic E-state index is 6.31. The van der Waals surface area contributed by atoms with E-state index in [0.29, 0.717) is 0 Å². The molecule has 4 nitrogen and oxygen atoms in total. The lowest BCUT2D eigenvalue weighted by atomic mass is 10.1. The third-order valence-corrected chi connectivity index (χ3v) is 5.22. The van der Waals surface area contributed by atoms with Crippen molar-refractivity contribution in [1.82, 2.24) is 9.56 Å². The summed E-state index contributed by atoms with van der Waals surface area (Å²) in [4.78, 5) is 4.93. The minimum atomic E-state index is 0.752. The Morgan fingerprint density at radius 1 is 0.862 bits per heavy atom. The maximum Gasteiger partial charge on any atom is 0.203 e. The van der Waals surface area contributed by atoms with Crippen molar-refractivity contribution in [2.45, 2.75) is 6.54 Å². The predicted molar refractivity (Wildman–Crippen MR) is 119 cm³/mol. The van der Waals surface area contributed by atoms with E-state index < -0.39 is 0 Å². The molecule has 0 fully saturated rings. The Morgan fingerprint density at radius 3 is 2.41 bits per heavy atom. The van der Waals surface area contributed by atoms with Gasteiger partial charge < -0.3 is 9.73 Å². The summed E-state index contributed by atoms with van der Waals surface area (Å²) in [7, 11) is 4.05. The Kier molecular flexibility index (Phi) is 4.24. The van der Waals surface area contributed by atoms with Gasteiger partial charge in [-0.25, -0.2) is 9.56 Å². The van der Waals surface area contributed by atoms with Crippen molar-refractivity contribution >= 4 is 27.6 Å². The lowest BCUT2D eigenvalue weighted by Gasteiger charge is -2.13. The van der Waals surface area contributed by atoms with Crippen LogP contribution in [0.4, 0.5) is 5.69 Å². The van der Waals surface area contributed by atoms with Crippen molar-refractivity contribution in [2.24, 2.45) is 0 Å². The summed E-state index contributed by atoms with van der Waals surface area (Å²) in [5.74, 6) is 0.785. The highest BCUT2D eigenvalue weighted by molar-refractivity contribution is 6.10. The third kappa shape index (κ3) is 3.23. The van der Waals surface area contributed by atoms with E-state index >= 15 is 0 Å². The molecule has 0 aromatic heterocycles. The quantitative estimate of drug-likeness (QED) is 0.279. The molecule has 0 radical (unpaired) electrons. The molecule has 0 amide bonds. The SMILES string of the molecule is C[N+](C)=c1ccc2nc3c(cc(NCc4ccccc4)c4ccccc43)oc-2c1. The Labute approximate surface area is 169 Å². The fraction of sp³-hybridized carbons (Fsp3) is 0.120. The van der Waals surface area contributed by atoms with Crippen molar-refractivity contribution in [3.05, 3.63) is 89.8 Å². The van der Waals surface area contributed by atoms with Gasteiger partial charge in [0.15, 0.2) is 11.3 Å². The molecule has 3 aromatic carbocycles. The van der Waals surface area contributed by atoms with Crippen LogP contribution in [-0.2, 0) is 6.54 Å². The summed E-state index contributed by atoms with van der Waals surface area (Å²) in [5, 5.41) is 6.89. The number of aromatic nitrogens is 1. The first-order valence-electron chi connectivity index (χ1n) is 9.73. The fourth-order valence-corrected chi connectivity index (χ4v) is 3.66. The number of rotatable bonds is 3. The van der Waals surface area contributed by atoms with Crippen LogP contribution in [0.5, 0.6) is 0 Å². The fourth-order valence-electron chi connectivity index (χ4n) is 3.66. The van der Waals surface area contributed by atoms with Crippen LogP contribution >= 0.6 is 0 Å². The molecular formula is C25H22N3O+. The molecule has 0 spiro atoms. The van der Waals surface area contributed by atoms with Crippen LogP contribution in [0.1, 0.15) is 5.56 Å². The van der Waals surface area contributed by atoms with E-state index in [1.165, 1.54) is 5.56 Å². The molecule has 4 heteroatoms. The summed E-state index contributed by atoms with van der Waals surface area (Å²) in [6.07, 6.45) is 0. The largest absolute Gasteiger partial charge is 0.452 e. The number of hydrogen-bond acceptors (Lipinski definition) is 3. The van der Waals surface area contributed by atoms with Crippen LogP contribution in [0.15, 0.2) is 83.3 Å². The van der Waals surface area contributed by atoms with Gasteiger partial charge in [-0.15, -0.1) is 0 Å². The van der Waals surface area contributed by atoms with E-state index in [1.807, 2.05) is 38.4 Å². The molecular weight excluding hydrogens is 358 g/mol. The molecule has 5 rings (SSSR count). The number of nitrogens with zero attached hydrogens (tertiary/aromatic N) is 2. The summed E-state index contributed by atoms with van der Waals surface area (Å²) >= 11 is 0. The zero-order valence-corrected chi connectivity index (χ0v) is 16.5. The van der Waals surface area contributed by atoms with Crippen molar-refractivity contribution in [3.63, 3.8) is 0 Å². The average molecular weight is 380 g/mol. The number of fused-ring (bicyclic) bond motifs is 4. The zero-order valence-electron chi connectivity index (χ0n) is 16.5. The molecule has 1 heterocycles. The summed E-state index contributed by atoms with van der Waals surface area (Å²) in [6, 6.07) is 26.9. The zero-order chi connectivity index (χ0) is 19.8. The summed E-state index contributed by atoms with van der Waals surface area (Å²) in [6.45, 7) is 0.752. The van der Waals surface area contributed by atoms with Gasteiger partial charge in [0.1, 0.15) is 25.3 Å². The second kappa shape index (κ2) is 7.06. The summed E-state index contributed by atoms with van der Waals surface area (Å²) < 4.78 is 8.37. The standard InChI is InChI=1S/C25H21N3O/c1-28(2)18-12-13-21-23(14-18)29-24-15-22(26-16-17-8-4-3-5-9-17)19-10-6-7-11-20(19)25(24)27-21/h3-15H,16H2,1-2H3/p+1. The smallest absolute Gasteiger partial charge is 0.203 e. The van der Waals surface area contributed by atoms with Gasteiger partial charge in [-0.05, 0) is 11.6 Å². The van der Waals surface area contributed by atoms with Gasteiger partial charge in [-0.2, -0.15) is 0 Å². The maximum atomic E-state index is 6.31. The van der Waals surface area contributed by atoms with Crippen LogP contribution in [-0.4, -0.2) is 19.1 Å². The van der Waals surface area contributed by atoms with E-state index in [1.54, 1.807) is 0 Å². The van der Waals surface area contributed by atoms with E-state index in [-0.39, 0.29) is 0 Å². The van der Waals surface area contributed by atoms with E-state index in [9.17, 15) is 0 Å². The first-order chi connectivity index (χ1) is 14.2. The highest BCUT2D eigenvalue weighted by Gasteiger charge is 2.14. The van der Waals surface area contributed by atoms with Crippen molar-refractivity contribution in [1.29, 1.82) is 0 Å². The second-order valence-corrected chi connectivity index (χ2v) is 7.42. The normalized spacial score (nSPS) is 11.2. The molecule has 0 bridgehead atoms. The number of benzene rings is 4. The highest BCUT2D eigenvalue weighted by Crippen LogP contribution is 2.34. The monoisotopic (exact) mass is 380 g/mol. The highest BCUT2D eigenvalue weighted by atomic mass is 16.3. The molecule has 1 aliphatic carbocycles. The van der Waals surface area contributed by atoms with E-state index in [0.717, 1.165) is 50.9 Å². The van der Waals surface area contributed by atoms with Crippen LogP contribution in [0.3, 0.4) is 0 Å². The first-order valence-corrected chi connectivity index (χ1v) is 9.73. The molecule has 142 valence electrons. The lowest BCUT2D eigenvalue weighted by Crippen LogP contribution is -2.21. The van der Waals surface area contributed by atoms with Gasteiger partial charge in [-0.1, -0.05) is 54.6 Å². The van der Waals surface area contributed by atoms with Gasteiger partial charge in [0.05, 0.1) is 6.07 Å². The molecule has 0 saturated carbocycles. The first kappa shape index (κ1) is 17.4. The van der Waals surface area contributed by atoms with Crippen molar-refractivity contribution in [3.8, 4) is 11.5 Å². The molecule has 0 unspecified atom stereocenters. The van der Waals surface area contributed by atoms with Crippen LogP contribution in [0.25, 0.3) is 33.3 Å². The minimum Gasteiger partial charge on any atom is -0.452 e. The van der Waals surface area contributed by atoms with Crippen LogP contribution < -0.4 is 15.2 Å². The van der Waals surface area contributed by atoms with Gasteiger partial charge in [0.25, 0.3) is 0 Å². The van der Waals surface area contributed by atoms with Gasteiger partial charge in [-0.3, -0.25) is 0 Å². The number of hydrogen-bond donors (Lipinski definition) is 1.